The van der Waals surface area contributed by atoms with Crippen molar-refractivity contribution in [2.75, 3.05) is 0 Å². The number of hydrogen-bond acceptors (Lipinski definition) is 5. The highest BCUT2D eigenvalue weighted by Crippen LogP contribution is 2.25. The quantitative estimate of drug-likeness (QED) is 0.606. The van der Waals surface area contributed by atoms with E-state index in [1.165, 1.54) is 11.5 Å². The Labute approximate surface area is 92.3 Å². The Morgan fingerprint density at radius 1 is 1.33 bits per heavy atom. The van der Waals surface area contributed by atoms with Gasteiger partial charge in [0, 0.05) is 0 Å². The summed E-state index contributed by atoms with van der Waals surface area (Å²) >= 11 is 1.37. The molecule has 1 heterocycles. The van der Waals surface area contributed by atoms with E-state index in [1.807, 2.05) is 37.3 Å². The van der Waals surface area contributed by atoms with Gasteiger partial charge in [0.1, 0.15) is 0 Å². The van der Waals surface area contributed by atoms with Gasteiger partial charge in [-0.2, -0.15) is 0 Å². The Bertz CT molecular complexity index is 426. The van der Waals surface area contributed by atoms with E-state index in [9.17, 15) is 0 Å². The van der Waals surface area contributed by atoms with Gasteiger partial charge in [-0.15, -0.1) is 5.10 Å². The van der Waals surface area contributed by atoms with Crippen LogP contribution in [0.2, 0.25) is 0 Å². The highest BCUT2D eigenvalue weighted by Gasteiger charge is 2.17. The van der Waals surface area contributed by atoms with Crippen LogP contribution < -0.4 is 11.3 Å². The molecule has 1 aromatic heterocycles. The number of aromatic nitrogens is 2. The van der Waals surface area contributed by atoms with E-state index < -0.39 is 0 Å². The van der Waals surface area contributed by atoms with Crippen molar-refractivity contribution < 1.29 is 0 Å². The number of rotatable bonds is 3. The van der Waals surface area contributed by atoms with E-state index in [0.29, 0.717) is 0 Å². The first kappa shape index (κ1) is 10.2. The average molecular weight is 220 g/mol. The first-order valence-corrected chi connectivity index (χ1v) is 5.40. The minimum absolute atomic E-state index is 0.0220. The Morgan fingerprint density at radius 3 is 2.60 bits per heavy atom. The van der Waals surface area contributed by atoms with Crippen molar-refractivity contribution in [3.05, 3.63) is 46.5 Å². The maximum absolute atomic E-state index is 5.57. The van der Waals surface area contributed by atoms with E-state index in [-0.39, 0.29) is 6.04 Å². The van der Waals surface area contributed by atoms with Gasteiger partial charge in [-0.05, 0) is 24.0 Å². The van der Waals surface area contributed by atoms with Crippen molar-refractivity contribution in [1.82, 2.24) is 15.0 Å². The zero-order valence-electron chi connectivity index (χ0n) is 8.34. The van der Waals surface area contributed by atoms with Crippen molar-refractivity contribution in [3.8, 4) is 0 Å². The van der Waals surface area contributed by atoms with Gasteiger partial charge in [-0.25, -0.2) is 5.43 Å². The molecule has 1 unspecified atom stereocenters. The van der Waals surface area contributed by atoms with Gasteiger partial charge >= 0.3 is 0 Å². The number of nitrogens with two attached hydrogens (primary N) is 1. The van der Waals surface area contributed by atoms with Gasteiger partial charge in [0.2, 0.25) is 0 Å². The lowest BCUT2D eigenvalue weighted by Crippen LogP contribution is -2.28. The van der Waals surface area contributed by atoms with Crippen LogP contribution in [0.1, 0.15) is 22.2 Å². The number of nitrogens with one attached hydrogen (secondary N) is 1. The van der Waals surface area contributed by atoms with E-state index in [2.05, 4.69) is 15.0 Å². The lowest BCUT2D eigenvalue weighted by atomic mass is 10.1. The van der Waals surface area contributed by atoms with Gasteiger partial charge < -0.3 is 0 Å². The molecule has 0 aliphatic rings. The monoisotopic (exact) mass is 220 g/mol. The summed E-state index contributed by atoms with van der Waals surface area (Å²) in [5.41, 5.74) is 4.83. The molecule has 0 saturated heterocycles. The Balaban J connectivity index is 2.37. The predicted molar refractivity (Wildman–Crippen MR) is 60.3 cm³/mol. The fraction of sp³-hybridized carbons (Fsp3) is 0.200. The molecule has 1 aromatic carbocycles. The second-order valence-electron chi connectivity index (χ2n) is 3.23. The van der Waals surface area contributed by atoms with Gasteiger partial charge in [-0.3, -0.25) is 5.84 Å². The fourth-order valence-electron chi connectivity index (χ4n) is 1.47. The molecule has 78 valence electrons. The van der Waals surface area contributed by atoms with Crippen LogP contribution in [-0.2, 0) is 0 Å². The van der Waals surface area contributed by atoms with Gasteiger partial charge in [-0.1, -0.05) is 34.8 Å². The zero-order chi connectivity index (χ0) is 10.7. The summed E-state index contributed by atoms with van der Waals surface area (Å²) in [5, 5.41) is 3.98. The van der Waals surface area contributed by atoms with Crippen LogP contribution >= 0.6 is 11.5 Å². The van der Waals surface area contributed by atoms with Crippen LogP contribution in [0.5, 0.6) is 0 Å². The molecule has 0 fully saturated rings. The van der Waals surface area contributed by atoms with E-state index >= 15 is 0 Å². The maximum Gasteiger partial charge on any atom is 0.0837 e. The zero-order valence-corrected chi connectivity index (χ0v) is 9.16. The van der Waals surface area contributed by atoms with E-state index in [4.69, 9.17) is 5.84 Å². The molecule has 0 aliphatic heterocycles. The van der Waals surface area contributed by atoms with E-state index in [0.717, 1.165) is 16.1 Å². The Kier molecular flexibility index (Phi) is 3.05. The SMILES string of the molecule is Cc1nnsc1C(NN)c1ccccc1. The third kappa shape index (κ3) is 2.04. The summed E-state index contributed by atoms with van der Waals surface area (Å²) in [6.07, 6.45) is 0. The summed E-state index contributed by atoms with van der Waals surface area (Å²) < 4.78 is 3.91. The topological polar surface area (TPSA) is 63.8 Å². The first-order chi connectivity index (χ1) is 7.33. The Morgan fingerprint density at radius 2 is 2.07 bits per heavy atom. The maximum atomic E-state index is 5.57. The van der Waals surface area contributed by atoms with Crippen LogP contribution in [0, 0.1) is 6.92 Å². The number of hydrazine groups is 1. The molecular weight excluding hydrogens is 208 g/mol. The lowest BCUT2D eigenvalue weighted by molar-refractivity contribution is 0.642. The average Bonchev–Trinajstić information content (AvgIpc) is 2.68. The molecular formula is C10H12N4S. The standard InChI is InChI=1S/C10H12N4S/c1-7-10(15-14-13-7)9(12-11)8-5-3-2-4-6-8/h2-6,9,12H,11H2,1H3. The summed E-state index contributed by atoms with van der Waals surface area (Å²) in [7, 11) is 0. The van der Waals surface area contributed by atoms with Gasteiger partial charge in [0.05, 0.1) is 16.6 Å². The highest BCUT2D eigenvalue weighted by molar-refractivity contribution is 7.05. The second-order valence-corrected chi connectivity index (χ2v) is 4.02. The first-order valence-electron chi connectivity index (χ1n) is 4.63. The second kappa shape index (κ2) is 4.48. The lowest BCUT2D eigenvalue weighted by Gasteiger charge is -2.14. The number of hydrogen-bond donors (Lipinski definition) is 2. The molecule has 5 heteroatoms. The van der Waals surface area contributed by atoms with Gasteiger partial charge in [0.25, 0.3) is 0 Å². The van der Waals surface area contributed by atoms with E-state index in [1.54, 1.807) is 0 Å². The molecule has 0 bridgehead atoms. The summed E-state index contributed by atoms with van der Waals surface area (Å²) in [5.74, 6) is 5.57. The smallest absolute Gasteiger partial charge is 0.0837 e. The number of aryl methyl sites for hydroxylation is 1. The number of nitrogens with zero attached hydrogens (tertiary/aromatic N) is 2. The largest absolute Gasteiger partial charge is 0.271 e. The molecule has 2 aromatic rings. The summed E-state index contributed by atoms with van der Waals surface area (Å²) in [4.78, 5) is 1.06. The highest BCUT2D eigenvalue weighted by atomic mass is 32.1. The fourth-order valence-corrected chi connectivity index (χ4v) is 2.21. The molecule has 0 saturated carbocycles. The van der Waals surface area contributed by atoms with Crippen LogP contribution in [-0.4, -0.2) is 9.59 Å². The Hall–Kier alpha value is -1.30. The van der Waals surface area contributed by atoms with Crippen molar-refractivity contribution in [3.63, 3.8) is 0 Å². The predicted octanol–water partition coefficient (Wildman–Crippen LogP) is 1.40. The molecule has 15 heavy (non-hydrogen) atoms. The van der Waals surface area contributed by atoms with Crippen LogP contribution in [0.25, 0.3) is 0 Å². The molecule has 0 radical (unpaired) electrons. The molecule has 2 rings (SSSR count). The van der Waals surface area contributed by atoms with Gasteiger partial charge in [0.15, 0.2) is 0 Å². The normalized spacial score (nSPS) is 12.7. The van der Waals surface area contributed by atoms with Crippen LogP contribution in [0.4, 0.5) is 0 Å². The third-order valence-corrected chi connectivity index (χ3v) is 3.14. The van der Waals surface area contributed by atoms with Crippen LogP contribution in [0.3, 0.4) is 0 Å². The summed E-state index contributed by atoms with van der Waals surface area (Å²) in [6.45, 7) is 1.94. The molecule has 0 aliphatic carbocycles. The molecule has 0 spiro atoms. The van der Waals surface area contributed by atoms with Crippen molar-refractivity contribution in [2.45, 2.75) is 13.0 Å². The van der Waals surface area contributed by atoms with Crippen LogP contribution in [0.15, 0.2) is 30.3 Å². The number of benzene rings is 1. The third-order valence-electron chi connectivity index (χ3n) is 2.25. The molecule has 3 N–H and O–H groups in total. The van der Waals surface area contributed by atoms with Crippen molar-refractivity contribution in [2.24, 2.45) is 5.84 Å². The molecule has 4 nitrogen and oxygen atoms in total. The van der Waals surface area contributed by atoms with Crippen molar-refractivity contribution >= 4 is 11.5 Å². The molecule has 1 atom stereocenters. The van der Waals surface area contributed by atoms with Crippen molar-refractivity contribution in [1.29, 1.82) is 0 Å². The molecule has 0 amide bonds. The minimum atomic E-state index is -0.0220. The summed E-state index contributed by atoms with van der Waals surface area (Å²) in [6, 6.07) is 10.0. The minimum Gasteiger partial charge on any atom is -0.271 e.